The van der Waals surface area contributed by atoms with Crippen molar-refractivity contribution in [2.24, 2.45) is 0 Å². The van der Waals surface area contributed by atoms with Crippen molar-refractivity contribution in [1.29, 1.82) is 0 Å². The van der Waals surface area contributed by atoms with Gasteiger partial charge < -0.3 is 59.3 Å². The van der Waals surface area contributed by atoms with Gasteiger partial charge in [-0.1, -0.05) is 19.9 Å². The highest BCUT2D eigenvalue weighted by Crippen LogP contribution is 2.31. The van der Waals surface area contributed by atoms with Crippen LogP contribution in [0.2, 0.25) is 0 Å². The molecule has 0 spiro atoms. The van der Waals surface area contributed by atoms with Gasteiger partial charge in [-0.3, -0.25) is 33.7 Å². The average Bonchev–Trinajstić information content (AvgIpc) is 3.51. The highest BCUT2D eigenvalue weighted by molar-refractivity contribution is 6.13. The van der Waals surface area contributed by atoms with E-state index in [9.17, 15) is 43.8 Å². The first kappa shape index (κ1) is 49.2. The number of nitrogens with one attached hydrogen (secondary N) is 3. The van der Waals surface area contributed by atoms with E-state index in [1.54, 1.807) is 6.07 Å². The van der Waals surface area contributed by atoms with Crippen LogP contribution in [0.5, 0.6) is 5.75 Å². The molecule has 0 bridgehead atoms. The number of esters is 1. The molecule has 20 heteroatoms. The molecular weight excluding hydrogens is 768 g/mol. The van der Waals surface area contributed by atoms with Crippen molar-refractivity contribution in [1.82, 2.24) is 15.5 Å². The Labute approximate surface area is 336 Å². The lowest BCUT2D eigenvalue weighted by Gasteiger charge is -2.31. The molecule has 0 radical (unpaired) electrons. The lowest BCUT2D eigenvalue weighted by Crippen LogP contribution is -2.42. The van der Waals surface area contributed by atoms with E-state index in [0.29, 0.717) is 38.6 Å². The van der Waals surface area contributed by atoms with Gasteiger partial charge >= 0.3 is 11.9 Å². The Hall–Kier alpha value is -4.99. The van der Waals surface area contributed by atoms with Crippen molar-refractivity contribution in [2.45, 2.75) is 78.0 Å². The van der Waals surface area contributed by atoms with Gasteiger partial charge in [0.2, 0.25) is 24.0 Å². The number of aliphatic hydroxyl groups excluding tert-OH is 1. The van der Waals surface area contributed by atoms with Gasteiger partial charge in [0.15, 0.2) is 6.10 Å². The van der Waals surface area contributed by atoms with Crippen LogP contribution >= 0.6 is 0 Å². The van der Waals surface area contributed by atoms with Gasteiger partial charge in [-0.05, 0) is 17.7 Å². The van der Waals surface area contributed by atoms with Crippen LogP contribution in [-0.4, -0.2) is 148 Å². The minimum absolute atomic E-state index is 0.00672. The number of rotatable bonds is 27. The summed E-state index contributed by atoms with van der Waals surface area (Å²) in [5.74, 6) is -3.54. The first-order valence-electron chi connectivity index (χ1n) is 19.1. The molecule has 3 rings (SSSR count). The Bertz CT molecular complexity index is 1500. The molecule has 1 saturated heterocycles. The Morgan fingerprint density at radius 1 is 0.776 bits per heavy atom. The molecule has 3 atom stereocenters. The van der Waals surface area contributed by atoms with E-state index in [0.717, 1.165) is 4.90 Å². The number of carbonyl (C=O) groups excluding carboxylic acids is 6. The summed E-state index contributed by atoms with van der Waals surface area (Å²) in [5, 5.41) is 27.4. The van der Waals surface area contributed by atoms with Crippen molar-refractivity contribution < 1.29 is 76.9 Å². The Morgan fingerprint density at radius 3 is 1.98 bits per heavy atom. The predicted molar refractivity (Wildman–Crippen MR) is 203 cm³/mol. The minimum Gasteiger partial charge on any atom is -0.479 e. The molecule has 3 unspecified atom stereocenters. The van der Waals surface area contributed by atoms with Crippen LogP contribution < -0.4 is 20.7 Å². The fraction of sp³-hybridized carbons (Fsp3) is 0.605. The van der Waals surface area contributed by atoms with E-state index in [2.05, 4.69) is 16.0 Å². The topological polar surface area (TPSA) is 264 Å². The van der Waals surface area contributed by atoms with Crippen molar-refractivity contribution in [2.75, 3.05) is 77.8 Å². The second-order valence-electron chi connectivity index (χ2n) is 12.4. The summed E-state index contributed by atoms with van der Waals surface area (Å²) in [7, 11) is 0. The van der Waals surface area contributed by atoms with Crippen LogP contribution in [0.1, 0.15) is 58.4 Å². The maximum absolute atomic E-state index is 12.8. The fourth-order valence-corrected chi connectivity index (χ4v) is 5.05. The van der Waals surface area contributed by atoms with Gasteiger partial charge in [-0.25, -0.2) is 4.79 Å². The number of carbonyl (C=O) groups is 7. The van der Waals surface area contributed by atoms with Crippen LogP contribution in [0.15, 0.2) is 30.4 Å². The largest absolute Gasteiger partial charge is 0.479 e. The van der Waals surface area contributed by atoms with E-state index in [-0.39, 0.29) is 101 Å². The number of benzene rings is 1. The molecule has 2 heterocycles. The molecule has 5 N–H and O–H groups in total. The molecule has 1 aromatic carbocycles. The third kappa shape index (κ3) is 20.4. The maximum Gasteiger partial charge on any atom is 0.333 e. The number of aliphatic carboxylic acids is 1. The van der Waals surface area contributed by atoms with E-state index < -0.39 is 48.2 Å². The molecule has 2 aliphatic heterocycles. The number of hydrogen-bond donors (Lipinski definition) is 5. The van der Waals surface area contributed by atoms with Crippen molar-refractivity contribution in [3.8, 4) is 5.75 Å². The van der Waals surface area contributed by atoms with Crippen molar-refractivity contribution >= 4 is 47.2 Å². The summed E-state index contributed by atoms with van der Waals surface area (Å²) in [4.78, 5) is 83.4. The van der Waals surface area contributed by atoms with Gasteiger partial charge in [0.25, 0.3) is 11.8 Å². The number of hydrogen-bond acceptors (Lipinski definition) is 15. The monoisotopic (exact) mass is 824 g/mol. The standard InChI is InChI=1S/C36H50N4O16.C2H6/c1-24(41)54-23-25-2-3-28(55-35-22-26(42)21-29(56-35)36(48)49)27(20-25)39-32(45)6-9-37-31(44)8-12-50-14-16-52-18-19-53-17-15-51-13-10-38-30(43)7-11-40-33(46)4-5-34(40)47;1-2/h2-5,20,26,29,35,42H,6-19,21-23H2,1H3,(H,37,44)(H,38,43)(H,39,45)(H,48,49);1-2H3. The number of imide groups is 1. The van der Waals surface area contributed by atoms with Crippen LogP contribution in [0.3, 0.4) is 0 Å². The number of nitrogens with zero attached hydrogens (tertiary/aromatic N) is 1. The van der Waals surface area contributed by atoms with E-state index >= 15 is 0 Å². The first-order valence-corrected chi connectivity index (χ1v) is 19.1. The molecule has 324 valence electrons. The third-order valence-electron chi connectivity index (χ3n) is 7.86. The fourth-order valence-electron chi connectivity index (χ4n) is 5.05. The van der Waals surface area contributed by atoms with Gasteiger partial charge in [0.1, 0.15) is 12.4 Å². The number of ether oxygens (including phenoxy) is 7. The summed E-state index contributed by atoms with van der Waals surface area (Å²) in [6.07, 6.45) is -1.09. The molecule has 5 amide bonds. The molecule has 58 heavy (non-hydrogen) atoms. The van der Waals surface area contributed by atoms with Gasteiger partial charge in [-0.2, -0.15) is 0 Å². The first-order chi connectivity index (χ1) is 27.9. The van der Waals surface area contributed by atoms with Gasteiger partial charge in [-0.15, -0.1) is 0 Å². The molecule has 2 aliphatic rings. The smallest absolute Gasteiger partial charge is 0.333 e. The maximum atomic E-state index is 12.8. The summed E-state index contributed by atoms with van der Waals surface area (Å²) in [5.41, 5.74) is 0.728. The quantitative estimate of drug-likeness (QED) is 0.0458. The third-order valence-corrected chi connectivity index (χ3v) is 7.86. The normalized spacial score (nSPS) is 17.2. The molecule has 0 aromatic heterocycles. The lowest BCUT2D eigenvalue weighted by atomic mass is 10.1. The summed E-state index contributed by atoms with van der Waals surface area (Å²) in [6, 6.07) is 4.61. The molecule has 20 nitrogen and oxygen atoms in total. The number of amides is 5. The SMILES string of the molecule is CC.CC(=O)OCc1ccc(OC2CC(O)CC(C(=O)O)O2)c(NC(=O)CCNC(=O)CCOCCOCCOCCOCCNC(=O)CCN2C(=O)C=CC2=O)c1. The van der Waals surface area contributed by atoms with E-state index in [1.165, 1.54) is 31.2 Å². The molecule has 1 aromatic rings. The predicted octanol–water partition coefficient (Wildman–Crippen LogP) is 0.438. The van der Waals surface area contributed by atoms with Crippen LogP contribution in [-0.2, 0) is 68.6 Å². The Kier molecular flexibility index (Phi) is 24.1. The zero-order valence-electron chi connectivity index (χ0n) is 33.2. The Morgan fingerprint density at radius 2 is 1.36 bits per heavy atom. The molecule has 1 fully saturated rings. The van der Waals surface area contributed by atoms with Crippen molar-refractivity contribution in [3.63, 3.8) is 0 Å². The van der Waals surface area contributed by atoms with Crippen LogP contribution in [0, 0.1) is 0 Å². The average molecular weight is 825 g/mol. The lowest BCUT2D eigenvalue weighted by molar-refractivity contribution is -0.195. The molecule has 0 aliphatic carbocycles. The second-order valence-corrected chi connectivity index (χ2v) is 12.4. The zero-order valence-corrected chi connectivity index (χ0v) is 33.2. The zero-order chi connectivity index (χ0) is 42.7. The highest BCUT2D eigenvalue weighted by Gasteiger charge is 2.34. The second kappa shape index (κ2) is 28.4. The van der Waals surface area contributed by atoms with E-state index in [4.69, 9.17) is 33.2 Å². The van der Waals surface area contributed by atoms with Crippen LogP contribution in [0.25, 0.3) is 0 Å². The minimum atomic E-state index is -1.26. The van der Waals surface area contributed by atoms with E-state index in [1.807, 2.05) is 13.8 Å². The summed E-state index contributed by atoms with van der Waals surface area (Å²) >= 11 is 0. The van der Waals surface area contributed by atoms with Crippen molar-refractivity contribution in [3.05, 3.63) is 35.9 Å². The number of carboxylic acids is 1. The number of anilines is 1. The summed E-state index contributed by atoms with van der Waals surface area (Å²) < 4.78 is 37.9. The highest BCUT2D eigenvalue weighted by atomic mass is 16.7. The van der Waals surface area contributed by atoms with Gasteiger partial charge in [0.05, 0.1) is 64.6 Å². The molecule has 0 saturated carbocycles. The van der Waals surface area contributed by atoms with Gasteiger partial charge in [0, 0.05) is 70.8 Å². The Balaban J connectivity index is 0.00000571. The number of aliphatic hydroxyl groups is 1. The molecular formula is C38H56N4O16. The summed E-state index contributed by atoms with van der Waals surface area (Å²) in [6.45, 7) is 7.79. The number of carboxylic acid groups (broad SMARTS) is 1. The van der Waals surface area contributed by atoms with Crippen LogP contribution in [0.4, 0.5) is 5.69 Å².